The third kappa shape index (κ3) is 6.77. The summed E-state index contributed by atoms with van der Waals surface area (Å²) in [7, 11) is 0. The maximum absolute atomic E-state index is 12.4. The molecular weight excluding hydrogens is 564 g/mol. The Hall–Kier alpha value is -4.51. The van der Waals surface area contributed by atoms with Crippen LogP contribution in [0.25, 0.3) is 21.3 Å². The Balaban J connectivity index is 1.13. The van der Waals surface area contributed by atoms with Gasteiger partial charge < -0.3 is 24.4 Å². The topological polar surface area (TPSA) is 112 Å². The number of nitrogens with one attached hydrogen (secondary N) is 1. The van der Waals surface area contributed by atoms with Crippen LogP contribution in [0.4, 0.5) is 16.3 Å². The lowest BCUT2D eigenvalue weighted by atomic mass is 10.1. The van der Waals surface area contributed by atoms with E-state index in [1.54, 1.807) is 16.2 Å². The summed E-state index contributed by atoms with van der Waals surface area (Å²) >= 11 is 1.67. The first-order valence-corrected chi connectivity index (χ1v) is 15.1. The van der Waals surface area contributed by atoms with Crippen LogP contribution in [0.15, 0.2) is 54.9 Å². The summed E-state index contributed by atoms with van der Waals surface area (Å²) in [6.07, 6.45) is 2.56. The van der Waals surface area contributed by atoms with Crippen molar-refractivity contribution in [3.05, 3.63) is 65.4 Å². The van der Waals surface area contributed by atoms with Crippen LogP contribution in [0.2, 0.25) is 0 Å². The normalized spacial score (nSPS) is 14.2. The largest absolute Gasteiger partial charge is 0.474 e. The lowest BCUT2D eigenvalue weighted by Gasteiger charge is -2.33. The van der Waals surface area contributed by atoms with Gasteiger partial charge in [-0.05, 0) is 76.6 Å². The van der Waals surface area contributed by atoms with Crippen molar-refractivity contribution in [2.24, 2.45) is 0 Å². The third-order valence-corrected chi connectivity index (χ3v) is 7.92. The summed E-state index contributed by atoms with van der Waals surface area (Å²) in [6, 6.07) is 15.6. The van der Waals surface area contributed by atoms with Crippen molar-refractivity contribution >= 4 is 50.2 Å². The molecule has 0 atom stereocenters. The van der Waals surface area contributed by atoms with Crippen molar-refractivity contribution in [3.63, 3.8) is 0 Å². The molecule has 0 saturated carbocycles. The molecular formula is C32H34N6O4S. The Morgan fingerprint density at radius 1 is 0.977 bits per heavy atom. The van der Waals surface area contributed by atoms with Crippen molar-refractivity contribution in [1.82, 2.24) is 24.8 Å². The van der Waals surface area contributed by atoms with E-state index in [0.717, 1.165) is 38.0 Å². The average Bonchev–Trinajstić information content (AvgIpc) is 3.33. The number of pyridine rings is 1. The van der Waals surface area contributed by atoms with Gasteiger partial charge in [0.15, 0.2) is 5.82 Å². The first-order valence-electron chi connectivity index (χ1n) is 14.3. The van der Waals surface area contributed by atoms with Crippen LogP contribution in [-0.4, -0.2) is 55.7 Å². The highest BCUT2D eigenvalue weighted by molar-refractivity contribution is 7.18. The van der Waals surface area contributed by atoms with Crippen LogP contribution < -0.4 is 14.8 Å². The van der Waals surface area contributed by atoms with Gasteiger partial charge in [-0.2, -0.15) is 0 Å². The van der Waals surface area contributed by atoms with Crippen molar-refractivity contribution in [1.29, 1.82) is 0 Å². The number of piperidine rings is 1. The minimum Gasteiger partial charge on any atom is -0.474 e. The molecule has 5 aromatic rings. The molecule has 1 fully saturated rings. The number of benzene rings is 2. The minimum absolute atomic E-state index is 0.0554. The molecule has 1 aliphatic rings. The molecule has 0 bridgehead atoms. The number of likely N-dealkylation sites (tertiary alicyclic amines) is 1. The molecule has 1 aliphatic heterocycles. The molecule has 2 aromatic carbocycles. The van der Waals surface area contributed by atoms with E-state index in [1.165, 1.54) is 6.33 Å². The monoisotopic (exact) mass is 598 g/mol. The Labute approximate surface area is 254 Å². The van der Waals surface area contributed by atoms with E-state index in [-0.39, 0.29) is 12.2 Å². The number of rotatable bonds is 6. The van der Waals surface area contributed by atoms with Crippen LogP contribution in [0.3, 0.4) is 0 Å². The van der Waals surface area contributed by atoms with Crippen LogP contribution in [-0.2, 0) is 4.74 Å². The molecule has 43 heavy (non-hydrogen) atoms. The number of carbonyl (C=O) groups excluding carboxylic acids is 1. The first-order chi connectivity index (χ1) is 20.6. The molecule has 11 heteroatoms. The van der Waals surface area contributed by atoms with Crippen LogP contribution >= 0.6 is 11.3 Å². The van der Waals surface area contributed by atoms with E-state index in [1.807, 2.05) is 83.1 Å². The predicted molar refractivity (Wildman–Crippen MR) is 168 cm³/mol. The predicted octanol–water partition coefficient (Wildman–Crippen LogP) is 7.57. The number of amides is 1. The average molecular weight is 599 g/mol. The molecule has 0 radical (unpaired) electrons. The number of carbonyl (C=O) groups is 1. The van der Waals surface area contributed by atoms with Crippen LogP contribution in [0.1, 0.15) is 44.2 Å². The molecule has 0 aliphatic carbocycles. The fourth-order valence-electron chi connectivity index (χ4n) is 4.92. The number of hydrogen-bond acceptors (Lipinski definition) is 10. The molecule has 1 saturated heterocycles. The summed E-state index contributed by atoms with van der Waals surface area (Å²) < 4.78 is 19.1. The number of ether oxygens (including phenoxy) is 3. The quantitative estimate of drug-likeness (QED) is 0.211. The Kier molecular flexibility index (Phi) is 7.74. The second-order valence-corrected chi connectivity index (χ2v) is 12.8. The number of thiazole rings is 1. The Morgan fingerprint density at radius 3 is 2.56 bits per heavy atom. The first kappa shape index (κ1) is 28.6. The number of hydrogen-bond donors (Lipinski definition) is 1. The van der Waals surface area contributed by atoms with Gasteiger partial charge in [0.2, 0.25) is 5.88 Å². The number of nitrogens with zero attached hydrogens (tertiary/aromatic N) is 5. The van der Waals surface area contributed by atoms with Crippen molar-refractivity contribution in [2.75, 3.05) is 18.4 Å². The highest BCUT2D eigenvalue weighted by atomic mass is 32.1. The summed E-state index contributed by atoms with van der Waals surface area (Å²) in [6.45, 7) is 10.8. The zero-order valence-electron chi connectivity index (χ0n) is 24.9. The van der Waals surface area contributed by atoms with E-state index in [4.69, 9.17) is 19.2 Å². The standard InChI is InChI=1S/C32H34N6O4S/c1-19-16-21(6-9-26(19)40-23-7-10-27-25(17-23)35-20(2)43-27)36-30-29-24(33-18-34-30)8-11-28(37-29)41-22-12-14-38(15-13-22)31(39)42-32(3,4)5/h6-11,16-18,22H,12-15H2,1-5H3,(H,33,34,36). The Morgan fingerprint density at radius 2 is 1.79 bits per heavy atom. The Bertz CT molecular complexity index is 1790. The smallest absolute Gasteiger partial charge is 0.410 e. The lowest BCUT2D eigenvalue weighted by molar-refractivity contribution is 0.0123. The summed E-state index contributed by atoms with van der Waals surface area (Å²) in [5.74, 6) is 2.58. The van der Waals surface area contributed by atoms with E-state index in [0.29, 0.717) is 48.7 Å². The SMILES string of the molecule is Cc1nc2cc(Oc3ccc(Nc4ncnc5ccc(OC6CCN(C(=O)OC(C)(C)C)CC6)nc45)cc3C)ccc2s1. The summed E-state index contributed by atoms with van der Waals surface area (Å²) in [5.41, 5.74) is 3.54. The van der Waals surface area contributed by atoms with Gasteiger partial charge in [-0.15, -0.1) is 11.3 Å². The highest BCUT2D eigenvalue weighted by Crippen LogP contribution is 2.32. The zero-order chi connectivity index (χ0) is 30.1. The molecule has 1 N–H and O–H groups in total. The molecule has 4 heterocycles. The highest BCUT2D eigenvalue weighted by Gasteiger charge is 2.28. The maximum Gasteiger partial charge on any atom is 0.410 e. The van der Waals surface area contributed by atoms with Gasteiger partial charge in [-0.1, -0.05) is 0 Å². The maximum atomic E-state index is 12.4. The lowest BCUT2D eigenvalue weighted by Crippen LogP contribution is -2.44. The van der Waals surface area contributed by atoms with Crippen LogP contribution in [0, 0.1) is 13.8 Å². The van der Waals surface area contributed by atoms with Gasteiger partial charge in [-0.3, -0.25) is 0 Å². The van der Waals surface area contributed by atoms with E-state index in [9.17, 15) is 4.79 Å². The summed E-state index contributed by atoms with van der Waals surface area (Å²) in [5, 5.41) is 4.41. The van der Waals surface area contributed by atoms with Gasteiger partial charge in [0.1, 0.15) is 35.0 Å². The zero-order valence-corrected chi connectivity index (χ0v) is 25.7. The van der Waals surface area contributed by atoms with E-state index >= 15 is 0 Å². The fourth-order valence-corrected chi connectivity index (χ4v) is 5.73. The molecule has 6 rings (SSSR count). The van der Waals surface area contributed by atoms with Gasteiger partial charge in [-0.25, -0.2) is 24.7 Å². The van der Waals surface area contributed by atoms with Crippen molar-refractivity contribution < 1.29 is 19.0 Å². The molecule has 3 aromatic heterocycles. The molecule has 0 unspecified atom stereocenters. The summed E-state index contributed by atoms with van der Waals surface area (Å²) in [4.78, 5) is 32.3. The second kappa shape index (κ2) is 11.6. The van der Waals surface area contributed by atoms with Gasteiger partial charge in [0.25, 0.3) is 0 Å². The van der Waals surface area contributed by atoms with Gasteiger partial charge in [0, 0.05) is 43.8 Å². The van der Waals surface area contributed by atoms with E-state index in [2.05, 4.69) is 20.3 Å². The van der Waals surface area contributed by atoms with Crippen molar-refractivity contribution in [2.45, 2.75) is 59.2 Å². The number of anilines is 2. The number of aryl methyl sites for hydroxylation is 2. The van der Waals surface area contributed by atoms with E-state index < -0.39 is 5.60 Å². The third-order valence-electron chi connectivity index (χ3n) is 6.97. The molecule has 222 valence electrons. The molecule has 0 spiro atoms. The molecule has 10 nitrogen and oxygen atoms in total. The van der Waals surface area contributed by atoms with Crippen LogP contribution in [0.5, 0.6) is 17.4 Å². The fraction of sp³-hybridized carbons (Fsp3) is 0.344. The van der Waals surface area contributed by atoms with Gasteiger partial charge in [0.05, 0.1) is 20.7 Å². The second-order valence-electron chi connectivity index (χ2n) is 11.6. The number of fused-ring (bicyclic) bond motifs is 2. The minimum atomic E-state index is -0.515. The molecule has 1 amide bonds. The van der Waals surface area contributed by atoms with Crippen molar-refractivity contribution in [3.8, 4) is 17.4 Å². The van der Waals surface area contributed by atoms with Gasteiger partial charge >= 0.3 is 6.09 Å². The number of aromatic nitrogens is 4.